The Morgan fingerprint density at radius 2 is 1.89 bits per heavy atom. The summed E-state index contributed by atoms with van der Waals surface area (Å²) in [5.74, 6) is 0.875. The number of fused-ring (bicyclic) bond motifs is 1. The zero-order valence-corrected chi connectivity index (χ0v) is 12.5. The van der Waals surface area contributed by atoms with Crippen LogP contribution in [0.3, 0.4) is 0 Å². The predicted molar refractivity (Wildman–Crippen MR) is 78.0 cm³/mol. The average molecular weight is 307 g/mol. The molecule has 1 N–H and O–H groups in total. The van der Waals surface area contributed by atoms with Gasteiger partial charge in [-0.15, -0.1) is 0 Å². The van der Waals surface area contributed by atoms with Crippen LogP contribution in [0.25, 0.3) is 11.0 Å². The normalized spacial score (nSPS) is 11.4. The summed E-state index contributed by atoms with van der Waals surface area (Å²) in [6.45, 7) is 5.65. The van der Waals surface area contributed by atoms with Gasteiger partial charge in [-0.25, -0.2) is 0 Å². The molecule has 0 saturated heterocycles. The van der Waals surface area contributed by atoms with Crippen molar-refractivity contribution in [3.05, 3.63) is 32.5 Å². The van der Waals surface area contributed by atoms with Crippen LogP contribution in [0.1, 0.15) is 25.2 Å². The molecule has 0 atom stereocenters. The minimum absolute atomic E-state index is 0.458. The standard InChI is InChI=1S/C13H14Cl3NO/c1-3-7-10(6-17-4-2)18-13-9(15)5-8(14)12(16)11(7)13/h5,17H,3-4,6H2,1-2H3. The van der Waals surface area contributed by atoms with Gasteiger partial charge in [-0.05, 0) is 19.0 Å². The second-order valence-corrected chi connectivity index (χ2v) is 5.19. The van der Waals surface area contributed by atoms with Gasteiger partial charge in [0, 0.05) is 10.9 Å². The van der Waals surface area contributed by atoms with Crippen LogP contribution in [0.2, 0.25) is 15.1 Å². The van der Waals surface area contributed by atoms with Crippen LogP contribution >= 0.6 is 34.8 Å². The second kappa shape index (κ2) is 5.70. The summed E-state index contributed by atoms with van der Waals surface area (Å²) >= 11 is 18.5. The number of nitrogens with one attached hydrogen (secondary N) is 1. The molecule has 2 aromatic rings. The number of hydrogen-bond donors (Lipinski definition) is 1. The summed E-state index contributed by atoms with van der Waals surface area (Å²) < 4.78 is 5.82. The molecule has 0 unspecified atom stereocenters. The molecule has 0 aliphatic heterocycles. The van der Waals surface area contributed by atoms with E-state index in [1.54, 1.807) is 6.07 Å². The van der Waals surface area contributed by atoms with Crippen LogP contribution in [0, 0.1) is 0 Å². The molecule has 2 rings (SSSR count). The molecule has 0 aliphatic carbocycles. The number of hydrogen-bond acceptors (Lipinski definition) is 2. The van der Waals surface area contributed by atoms with Crippen LogP contribution in [-0.4, -0.2) is 6.54 Å². The number of furan rings is 1. The Morgan fingerprint density at radius 3 is 2.50 bits per heavy atom. The molecule has 0 saturated carbocycles. The van der Waals surface area contributed by atoms with Crippen LogP contribution in [-0.2, 0) is 13.0 Å². The molecule has 98 valence electrons. The quantitative estimate of drug-likeness (QED) is 0.798. The first-order valence-electron chi connectivity index (χ1n) is 5.88. The number of halogens is 3. The molecule has 1 aromatic carbocycles. The maximum atomic E-state index is 6.26. The third-order valence-electron chi connectivity index (χ3n) is 2.88. The molecular weight excluding hydrogens is 293 g/mol. The van der Waals surface area contributed by atoms with E-state index >= 15 is 0 Å². The van der Waals surface area contributed by atoms with E-state index in [2.05, 4.69) is 12.2 Å². The van der Waals surface area contributed by atoms with Crippen LogP contribution < -0.4 is 5.32 Å². The van der Waals surface area contributed by atoms with Gasteiger partial charge in [0.25, 0.3) is 0 Å². The summed E-state index contributed by atoms with van der Waals surface area (Å²) in [5.41, 5.74) is 1.69. The fraction of sp³-hybridized carbons (Fsp3) is 0.385. The first kappa shape index (κ1) is 14.0. The lowest BCUT2D eigenvalue weighted by molar-refractivity contribution is 0.514. The lowest BCUT2D eigenvalue weighted by Crippen LogP contribution is -2.12. The molecule has 18 heavy (non-hydrogen) atoms. The molecule has 0 amide bonds. The number of benzene rings is 1. The molecule has 1 aromatic heterocycles. The van der Waals surface area contributed by atoms with Crippen molar-refractivity contribution in [3.8, 4) is 0 Å². The van der Waals surface area contributed by atoms with Crippen molar-refractivity contribution in [2.75, 3.05) is 6.54 Å². The fourth-order valence-corrected chi connectivity index (χ4v) is 2.78. The number of rotatable bonds is 4. The highest BCUT2D eigenvalue weighted by atomic mass is 35.5. The van der Waals surface area contributed by atoms with Crippen LogP contribution in [0.15, 0.2) is 10.5 Å². The molecule has 5 heteroatoms. The third-order valence-corrected chi connectivity index (χ3v) is 3.95. The highest BCUT2D eigenvalue weighted by Gasteiger charge is 2.19. The second-order valence-electron chi connectivity index (χ2n) is 4.00. The van der Waals surface area contributed by atoms with Crippen molar-refractivity contribution in [1.29, 1.82) is 0 Å². The van der Waals surface area contributed by atoms with Gasteiger partial charge in [0.15, 0.2) is 5.58 Å². The Kier molecular flexibility index (Phi) is 4.44. The van der Waals surface area contributed by atoms with E-state index < -0.39 is 0 Å². The highest BCUT2D eigenvalue weighted by molar-refractivity contribution is 6.47. The van der Waals surface area contributed by atoms with Crippen molar-refractivity contribution in [1.82, 2.24) is 5.32 Å². The Morgan fingerprint density at radius 1 is 1.17 bits per heavy atom. The summed E-state index contributed by atoms with van der Waals surface area (Å²) in [5, 5.41) is 5.55. The topological polar surface area (TPSA) is 25.2 Å². The van der Waals surface area contributed by atoms with E-state index in [1.807, 2.05) is 6.92 Å². The average Bonchev–Trinajstić information content (AvgIpc) is 2.72. The summed E-state index contributed by atoms with van der Waals surface area (Å²) in [7, 11) is 0. The number of aryl methyl sites for hydroxylation is 1. The minimum atomic E-state index is 0.458. The molecule has 0 spiro atoms. The zero-order valence-electron chi connectivity index (χ0n) is 10.2. The van der Waals surface area contributed by atoms with Crippen LogP contribution in [0.5, 0.6) is 0 Å². The third kappa shape index (κ3) is 2.35. The monoisotopic (exact) mass is 305 g/mol. The minimum Gasteiger partial charge on any atom is -0.458 e. The van der Waals surface area contributed by atoms with Gasteiger partial charge in [-0.3, -0.25) is 0 Å². The van der Waals surface area contributed by atoms with Crippen molar-refractivity contribution in [2.24, 2.45) is 0 Å². The lowest BCUT2D eigenvalue weighted by atomic mass is 10.1. The maximum Gasteiger partial charge on any atom is 0.154 e. The van der Waals surface area contributed by atoms with E-state index in [9.17, 15) is 0 Å². The van der Waals surface area contributed by atoms with Crippen molar-refractivity contribution in [2.45, 2.75) is 26.8 Å². The Hall–Kier alpha value is -0.410. The predicted octanol–water partition coefficient (Wildman–Crippen LogP) is 5.06. The van der Waals surface area contributed by atoms with E-state index in [-0.39, 0.29) is 0 Å². The SMILES string of the molecule is CCNCc1oc2c(Cl)cc(Cl)c(Cl)c2c1CC. The Labute approximate surface area is 121 Å². The molecule has 2 nitrogen and oxygen atoms in total. The highest BCUT2D eigenvalue weighted by Crippen LogP contribution is 2.40. The Bertz CT molecular complexity index is 577. The summed E-state index contributed by atoms with van der Waals surface area (Å²) in [6.07, 6.45) is 0.824. The van der Waals surface area contributed by atoms with Gasteiger partial charge >= 0.3 is 0 Å². The molecule has 1 heterocycles. The molecule has 0 radical (unpaired) electrons. The van der Waals surface area contributed by atoms with Gasteiger partial charge in [0.2, 0.25) is 0 Å². The first-order chi connectivity index (χ1) is 8.60. The lowest BCUT2D eigenvalue weighted by Gasteiger charge is -2.02. The van der Waals surface area contributed by atoms with Crippen molar-refractivity contribution >= 4 is 45.8 Å². The van der Waals surface area contributed by atoms with Gasteiger partial charge in [0.05, 0.1) is 21.6 Å². The fourth-order valence-electron chi connectivity index (χ4n) is 2.03. The zero-order chi connectivity index (χ0) is 13.3. The molecule has 0 aliphatic rings. The van der Waals surface area contributed by atoms with Gasteiger partial charge in [0.1, 0.15) is 5.76 Å². The van der Waals surface area contributed by atoms with E-state index in [1.165, 1.54) is 0 Å². The summed E-state index contributed by atoms with van der Waals surface area (Å²) in [4.78, 5) is 0. The van der Waals surface area contributed by atoms with Gasteiger partial charge in [-0.1, -0.05) is 48.7 Å². The van der Waals surface area contributed by atoms with Crippen molar-refractivity contribution < 1.29 is 4.42 Å². The van der Waals surface area contributed by atoms with Crippen LogP contribution in [0.4, 0.5) is 0 Å². The largest absolute Gasteiger partial charge is 0.458 e. The van der Waals surface area contributed by atoms with E-state index in [0.717, 1.165) is 29.7 Å². The summed E-state index contributed by atoms with van der Waals surface area (Å²) in [6, 6.07) is 1.62. The van der Waals surface area contributed by atoms with Gasteiger partial charge in [-0.2, -0.15) is 0 Å². The smallest absolute Gasteiger partial charge is 0.154 e. The maximum absolute atomic E-state index is 6.26. The molecule has 0 fully saturated rings. The van der Waals surface area contributed by atoms with E-state index in [0.29, 0.717) is 27.2 Å². The molecular formula is C13H14Cl3NO. The van der Waals surface area contributed by atoms with E-state index in [4.69, 9.17) is 39.2 Å². The van der Waals surface area contributed by atoms with Gasteiger partial charge < -0.3 is 9.73 Å². The first-order valence-corrected chi connectivity index (χ1v) is 7.01. The Balaban J connectivity index is 2.68. The molecule has 0 bridgehead atoms. The van der Waals surface area contributed by atoms with Crippen molar-refractivity contribution in [3.63, 3.8) is 0 Å².